The minimum absolute atomic E-state index is 0.774. The van der Waals surface area contributed by atoms with Crippen LogP contribution in [0, 0.1) is 0 Å². The molecule has 0 atom stereocenters. The summed E-state index contributed by atoms with van der Waals surface area (Å²) in [7, 11) is 0. The molecule has 102 valence electrons. The molecule has 4 nitrogen and oxygen atoms in total. The lowest BCUT2D eigenvalue weighted by atomic mass is 10.0. The highest BCUT2D eigenvalue weighted by molar-refractivity contribution is 5.99. The lowest BCUT2D eigenvalue weighted by Crippen LogP contribution is -2.38. The number of hydrogen-bond donors (Lipinski definition) is 1. The SMILES string of the molecule is ON=C1CCCCCCC/C=C\1N1CCOCC1. The molecule has 0 aromatic rings. The Kier molecular flexibility index (Phi) is 5.52. The summed E-state index contributed by atoms with van der Waals surface area (Å²) < 4.78 is 5.39. The fraction of sp³-hybridized carbons (Fsp3) is 0.786. The molecular weight excluding hydrogens is 228 g/mol. The molecule has 4 heteroatoms. The average molecular weight is 252 g/mol. The Labute approximate surface area is 109 Å². The van der Waals surface area contributed by atoms with E-state index in [4.69, 9.17) is 4.74 Å². The zero-order chi connectivity index (χ0) is 12.6. The summed E-state index contributed by atoms with van der Waals surface area (Å²) in [6.45, 7) is 3.36. The van der Waals surface area contributed by atoms with E-state index in [0.29, 0.717) is 0 Å². The third-order valence-corrected chi connectivity index (χ3v) is 3.72. The summed E-state index contributed by atoms with van der Waals surface area (Å²) in [5.74, 6) is 0. The molecule has 18 heavy (non-hydrogen) atoms. The molecule has 1 aliphatic heterocycles. The molecule has 2 rings (SSSR count). The van der Waals surface area contributed by atoms with Gasteiger partial charge in [0, 0.05) is 13.1 Å². The molecule has 0 aromatic heterocycles. The van der Waals surface area contributed by atoms with E-state index in [1.165, 1.54) is 25.7 Å². The highest BCUT2D eigenvalue weighted by Crippen LogP contribution is 2.19. The minimum atomic E-state index is 0.774. The number of rotatable bonds is 1. The lowest BCUT2D eigenvalue weighted by Gasteiger charge is -2.31. The Hall–Kier alpha value is -1.03. The van der Waals surface area contributed by atoms with E-state index in [9.17, 15) is 5.21 Å². The number of morpholine rings is 1. The van der Waals surface area contributed by atoms with E-state index < -0.39 is 0 Å². The van der Waals surface area contributed by atoms with Crippen LogP contribution >= 0.6 is 0 Å². The second-order valence-corrected chi connectivity index (χ2v) is 5.04. The predicted molar refractivity (Wildman–Crippen MR) is 72.0 cm³/mol. The first-order chi connectivity index (χ1) is 8.92. The first-order valence-corrected chi connectivity index (χ1v) is 7.16. The van der Waals surface area contributed by atoms with E-state index in [-0.39, 0.29) is 0 Å². The maximum atomic E-state index is 9.26. The average Bonchev–Trinajstić information content (AvgIpc) is 2.44. The van der Waals surface area contributed by atoms with Gasteiger partial charge in [0.15, 0.2) is 0 Å². The molecule has 0 amide bonds. The van der Waals surface area contributed by atoms with Crippen LogP contribution in [0.5, 0.6) is 0 Å². The molecule has 1 N–H and O–H groups in total. The van der Waals surface area contributed by atoms with E-state index in [1.54, 1.807) is 0 Å². The van der Waals surface area contributed by atoms with Crippen molar-refractivity contribution in [2.75, 3.05) is 26.3 Å². The normalized spacial score (nSPS) is 28.8. The van der Waals surface area contributed by atoms with Crippen LogP contribution in [-0.2, 0) is 4.74 Å². The van der Waals surface area contributed by atoms with Gasteiger partial charge in [0.25, 0.3) is 0 Å². The maximum Gasteiger partial charge on any atom is 0.102 e. The Morgan fingerprint density at radius 1 is 1.06 bits per heavy atom. The minimum Gasteiger partial charge on any atom is -0.411 e. The van der Waals surface area contributed by atoms with Gasteiger partial charge in [0.1, 0.15) is 5.71 Å². The smallest absolute Gasteiger partial charge is 0.102 e. The lowest BCUT2D eigenvalue weighted by molar-refractivity contribution is 0.0560. The Morgan fingerprint density at radius 3 is 2.56 bits per heavy atom. The van der Waals surface area contributed by atoms with Crippen molar-refractivity contribution in [1.82, 2.24) is 4.90 Å². The van der Waals surface area contributed by atoms with Gasteiger partial charge in [-0.25, -0.2) is 0 Å². The molecule has 0 unspecified atom stereocenters. The molecule has 2 aliphatic rings. The van der Waals surface area contributed by atoms with Gasteiger partial charge in [-0.05, 0) is 25.7 Å². The summed E-state index contributed by atoms with van der Waals surface area (Å²) in [6.07, 6.45) is 10.5. The molecule has 0 bridgehead atoms. The summed E-state index contributed by atoms with van der Waals surface area (Å²) >= 11 is 0. The molecule has 1 saturated heterocycles. The van der Waals surface area contributed by atoms with Gasteiger partial charge in [-0.1, -0.05) is 30.5 Å². The number of hydrogen-bond acceptors (Lipinski definition) is 4. The van der Waals surface area contributed by atoms with Gasteiger partial charge in [-0.2, -0.15) is 0 Å². The third kappa shape index (κ3) is 3.73. The van der Waals surface area contributed by atoms with Gasteiger partial charge >= 0.3 is 0 Å². The van der Waals surface area contributed by atoms with Gasteiger partial charge in [-0.3, -0.25) is 0 Å². The van der Waals surface area contributed by atoms with Gasteiger partial charge in [-0.15, -0.1) is 0 Å². The van der Waals surface area contributed by atoms with Crippen LogP contribution in [0.25, 0.3) is 0 Å². The van der Waals surface area contributed by atoms with Crippen molar-refractivity contribution >= 4 is 5.71 Å². The number of ether oxygens (including phenoxy) is 1. The topological polar surface area (TPSA) is 45.1 Å². The van der Waals surface area contributed by atoms with Crippen LogP contribution in [0.4, 0.5) is 0 Å². The second-order valence-electron chi connectivity index (χ2n) is 5.04. The quantitative estimate of drug-likeness (QED) is 0.576. The standard InChI is InChI=1S/C14H24N2O2/c17-15-13-7-5-3-1-2-4-6-8-14(13)16-9-11-18-12-10-16/h8,17H,1-7,9-12H2/b14-8+,15-13?. The first-order valence-electron chi connectivity index (χ1n) is 7.16. The molecule has 0 spiro atoms. The number of oxime groups is 1. The largest absolute Gasteiger partial charge is 0.411 e. The van der Waals surface area contributed by atoms with Crippen molar-refractivity contribution < 1.29 is 9.94 Å². The Balaban J connectivity index is 2.10. The molecule has 0 saturated carbocycles. The monoisotopic (exact) mass is 252 g/mol. The van der Waals surface area contributed by atoms with Crippen molar-refractivity contribution in [2.45, 2.75) is 44.9 Å². The zero-order valence-electron chi connectivity index (χ0n) is 11.1. The second kappa shape index (κ2) is 7.41. The van der Waals surface area contributed by atoms with Crippen LogP contribution in [0.3, 0.4) is 0 Å². The fourth-order valence-corrected chi connectivity index (χ4v) is 2.67. The van der Waals surface area contributed by atoms with Crippen LogP contribution in [-0.4, -0.2) is 42.1 Å². The van der Waals surface area contributed by atoms with E-state index >= 15 is 0 Å². The molecule has 1 fully saturated rings. The van der Waals surface area contributed by atoms with E-state index in [1.807, 2.05) is 0 Å². The first kappa shape index (κ1) is 13.4. The van der Waals surface area contributed by atoms with Crippen molar-refractivity contribution in [1.29, 1.82) is 0 Å². The molecule has 0 radical (unpaired) electrons. The van der Waals surface area contributed by atoms with Crippen molar-refractivity contribution in [3.8, 4) is 0 Å². The fourth-order valence-electron chi connectivity index (χ4n) is 2.67. The zero-order valence-corrected chi connectivity index (χ0v) is 11.1. The van der Waals surface area contributed by atoms with Crippen LogP contribution in [0.15, 0.2) is 16.9 Å². The highest BCUT2D eigenvalue weighted by Gasteiger charge is 2.18. The van der Waals surface area contributed by atoms with E-state index in [0.717, 1.165) is 57.0 Å². The summed E-state index contributed by atoms with van der Waals surface area (Å²) in [6, 6.07) is 0. The third-order valence-electron chi connectivity index (χ3n) is 3.72. The molecular formula is C14H24N2O2. The highest BCUT2D eigenvalue weighted by atomic mass is 16.5. The van der Waals surface area contributed by atoms with E-state index in [2.05, 4.69) is 16.1 Å². The molecule has 1 heterocycles. The van der Waals surface area contributed by atoms with Gasteiger partial charge in [0.05, 0.1) is 18.9 Å². The van der Waals surface area contributed by atoms with Crippen molar-refractivity contribution in [3.05, 3.63) is 11.8 Å². The van der Waals surface area contributed by atoms with Crippen LogP contribution in [0.2, 0.25) is 0 Å². The van der Waals surface area contributed by atoms with Gasteiger partial charge < -0.3 is 14.8 Å². The predicted octanol–water partition coefficient (Wildman–Crippen LogP) is 2.78. The number of nitrogens with zero attached hydrogens (tertiary/aromatic N) is 2. The maximum absolute atomic E-state index is 9.26. The summed E-state index contributed by atoms with van der Waals surface area (Å²) in [5, 5.41) is 12.8. The van der Waals surface area contributed by atoms with Gasteiger partial charge in [0.2, 0.25) is 0 Å². The Morgan fingerprint density at radius 2 is 1.78 bits per heavy atom. The summed E-state index contributed by atoms with van der Waals surface area (Å²) in [4.78, 5) is 2.31. The molecule has 1 aliphatic carbocycles. The number of allylic oxidation sites excluding steroid dienone is 2. The van der Waals surface area contributed by atoms with Crippen LogP contribution in [0.1, 0.15) is 44.9 Å². The Bertz CT molecular complexity index is 307. The van der Waals surface area contributed by atoms with Crippen molar-refractivity contribution in [2.24, 2.45) is 5.16 Å². The van der Waals surface area contributed by atoms with Crippen molar-refractivity contribution in [3.63, 3.8) is 0 Å². The summed E-state index contributed by atoms with van der Waals surface area (Å²) in [5.41, 5.74) is 2.00. The molecule has 0 aromatic carbocycles. The van der Waals surface area contributed by atoms with Crippen LogP contribution < -0.4 is 0 Å².